The zero-order valence-electron chi connectivity index (χ0n) is 11.8. The molecule has 2 aromatic rings. The number of rotatable bonds is 4. The van der Waals surface area contributed by atoms with E-state index < -0.39 is 0 Å². The maximum Gasteiger partial charge on any atom is 0.0961 e. The minimum absolute atomic E-state index is 0.465. The predicted octanol–water partition coefficient (Wildman–Crippen LogP) is 4.65. The normalized spacial score (nSPS) is 11.5. The molecule has 0 aliphatic carbocycles. The van der Waals surface area contributed by atoms with Crippen LogP contribution >= 0.6 is 22.9 Å². The molecule has 4 heteroatoms. The van der Waals surface area contributed by atoms with E-state index in [2.05, 4.69) is 32.8 Å². The first kappa shape index (κ1) is 14.5. The zero-order chi connectivity index (χ0) is 14.0. The first-order chi connectivity index (χ1) is 8.97. The van der Waals surface area contributed by atoms with Crippen LogP contribution in [0.4, 0.5) is 0 Å². The SMILES string of the molecule is CC(C)c1nc(-c2ccc(Cl)cc2)c(CN(C)C)s1. The minimum atomic E-state index is 0.465. The molecule has 102 valence electrons. The van der Waals surface area contributed by atoms with Gasteiger partial charge in [-0.15, -0.1) is 11.3 Å². The molecule has 0 unspecified atom stereocenters. The molecule has 0 atom stereocenters. The lowest BCUT2D eigenvalue weighted by Gasteiger charge is -2.09. The van der Waals surface area contributed by atoms with Gasteiger partial charge in [0.25, 0.3) is 0 Å². The molecule has 0 N–H and O–H groups in total. The Bertz CT molecular complexity index is 544. The van der Waals surface area contributed by atoms with E-state index in [4.69, 9.17) is 16.6 Å². The summed E-state index contributed by atoms with van der Waals surface area (Å²) in [7, 11) is 4.17. The van der Waals surface area contributed by atoms with E-state index in [1.807, 2.05) is 35.6 Å². The van der Waals surface area contributed by atoms with Crippen molar-refractivity contribution in [3.8, 4) is 11.3 Å². The van der Waals surface area contributed by atoms with E-state index in [1.165, 1.54) is 9.88 Å². The Labute approximate surface area is 124 Å². The highest BCUT2D eigenvalue weighted by Crippen LogP contribution is 2.32. The van der Waals surface area contributed by atoms with E-state index in [0.29, 0.717) is 5.92 Å². The van der Waals surface area contributed by atoms with Crippen molar-refractivity contribution in [1.29, 1.82) is 0 Å². The van der Waals surface area contributed by atoms with E-state index in [1.54, 1.807) is 0 Å². The maximum atomic E-state index is 5.95. The second kappa shape index (κ2) is 6.04. The van der Waals surface area contributed by atoms with Crippen LogP contribution < -0.4 is 0 Å². The molecular formula is C15H19ClN2S. The standard InChI is InChI=1S/C15H19ClN2S/c1-10(2)15-17-14(13(19-15)9-18(3)4)11-5-7-12(16)8-6-11/h5-8,10H,9H2,1-4H3. The molecule has 0 radical (unpaired) electrons. The van der Waals surface area contributed by atoms with Crippen molar-refractivity contribution >= 4 is 22.9 Å². The van der Waals surface area contributed by atoms with Gasteiger partial charge in [-0.3, -0.25) is 0 Å². The summed E-state index contributed by atoms with van der Waals surface area (Å²) in [5.41, 5.74) is 2.24. The van der Waals surface area contributed by atoms with E-state index >= 15 is 0 Å². The third kappa shape index (κ3) is 3.56. The lowest BCUT2D eigenvalue weighted by molar-refractivity contribution is 0.406. The van der Waals surface area contributed by atoms with Gasteiger partial charge in [0.15, 0.2) is 0 Å². The van der Waals surface area contributed by atoms with Crippen LogP contribution in [0.5, 0.6) is 0 Å². The maximum absolute atomic E-state index is 5.95. The van der Waals surface area contributed by atoms with Gasteiger partial charge in [0.1, 0.15) is 0 Å². The number of thiazole rings is 1. The Kier molecular flexibility index (Phi) is 4.61. The quantitative estimate of drug-likeness (QED) is 0.816. The van der Waals surface area contributed by atoms with Crippen molar-refractivity contribution in [2.45, 2.75) is 26.3 Å². The highest BCUT2D eigenvalue weighted by molar-refractivity contribution is 7.12. The van der Waals surface area contributed by atoms with E-state index in [-0.39, 0.29) is 0 Å². The fourth-order valence-electron chi connectivity index (χ4n) is 1.84. The summed E-state index contributed by atoms with van der Waals surface area (Å²) < 4.78 is 0. The van der Waals surface area contributed by atoms with Crippen molar-refractivity contribution in [3.63, 3.8) is 0 Å². The van der Waals surface area contributed by atoms with Gasteiger partial charge in [-0.2, -0.15) is 0 Å². The minimum Gasteiger partial charge on any atom is -0.304 e. The van der Waals surface area contributed by atoms with Crippen LogP contribution in [-0.4, -0.2) is 24.0 Å². The summed E-state index contributed by atoms with van der Waals surface area (Å²) in [6.45, 7) is 5.29. The van der Waals surface area contributed by atoms with Gasteiger partial charge in [0.2, 0.25) is 0 Å². The lowest BCUT2D eigenvalue weighted by Crippen LogP contribution is -2.10. The number of halogens is 1. The van der Waals surface area contributed by atoms with Gasteiger partial charge in [0, 0.05) is 27.9 Å². The summed E-state index contributed by atoms with van der Waals surface area (Å²) in [5.74, 6) is 0.465. The number of nitrogens with zero attached hydrogens (tertiary/aromatic N) is 2. The van der Waals surface area contributed by atoms with Crippen LogP contribution in [0, 0.1) is 0 Å². The van der Waals surface area contributed by atoms with Gasteiger partial charge in [-0.1, -0.05) is 37.6 Å². The zero-order valence-corrected chi connectivity index (χ0v) is 13.3. The third-order valence-electron chi connectivity index (χ3n) is 2.79. The van der Waals surface area contributed by atoms with Gasteiger partial charge in [-0.25, -0.2) is 4.98 Å². The number of benzene rings is 1. The fourth-order valence-corrected chi connectivity index (χ4v) is 3.18. The molecule has 0 aliphatic heterocycles. The molecule has 1 heterocycles. The highest BCUT2D eigenvalue weighted by Gasteiger charge is 2.15. The van der Waals surface area contributed by atoms with Crippen molar-refractivity contribution in [3.05, 3.63) is 39.2 Å². The molecule has 1 aromatic carbocycles. The molecule has 0 spiro atoms. The molecule has 19 heavy (non-hydrogen) atoms. The van der Waals surface area contributed by atoms with Gasteiger partial charge >= 0.3 is 0 Å². The first-order valence-electron chi connectivity index (χ1n) is 6.37. The van der Waals surface area contributed by atoms with Crippen LogP contribution in [0.15, 0.2) is 24.3 Å². The molecule has 0 fully saturated rings. The second-order valence-electron chi connectivity index (χ2n) is 5.22. The van der Waals surface area contributed by atoms with Gasteiger partial charge in [-0.05, 0) is 26.2 Å². The Hall–Kier alpha value is -0.900. The molecule has 0 saturated carbocycles. The monoisotopic (exact) mass is 294 g/mol. The summed E-state index contributed by atoms with van der Waals surface area (Å²) >= 11 is 7.76. The van der Waals surface area contributed by atoms with Crippen LogP contribution in [-0.2, 0) is 6.54 Å². The summed E-state index contributed by atoms with van der Waals surface area (Å²) in [6, 6.07) is 7.93. The predicted molar refractivity (Wildman–Crippen MR) is 84.0 cm³/mol. The molecule has 0 amide bonds. The number of hydrogen-bond donors (Lipinski definition) is 0. The van der Waals surface area contributed by atoms with E-state index in [0.717, 1.165) is 22.8 Å². The molecule has 1 aromatic heterocycles. The number of aromatic nitrogens is 1. The van der Waals surface area contributed by atoms with E-state index in [9.17, 15) is 0 Å². The van der Waals surface area contributed by atoms with Crippen molar-refractivity contribution in [1.82, 2.24) is 9.88 Å². The molecular weight excluding hydrogens is 276 g/mol. The topological polar surface area (TPSA) is 16.1 Å². The number of hydrogen-bond acceptors (Lipinski definition) is 3. The average molecular weight is 295 g/mol. The smallest absolute Gasteiger partial charge is 0.0961 e. The Morgan fingerprint density at radius 2 is 1.84 bits per heavy atom. The Morgan fingerprint density at radius 3 is 2.37 bits per heavy atom. The van der Waals surface area contributed by atoms with Crippen LogP contribution in [0.2, 0.25) is 5.02 Å². The molecule has 0 aliphatic rings. The lowest BCUT2D eigenvalue weighted by atomic mass is 10.1. The Morgan fingerprint density at radius 1 is 1.21 bits per heavy atom. The first-order valence-corrected chi connectivity index (χ1v) is 7.57. The summed E-state index contributed by atoms with van der Waals surface area (Å²) in [5, 5.41) is 1.96. The largest absolute Gasteiger partial charge is 0.304 e. The highest BCUT2D eigenvalue weighted by atomic mass is 35.5. The van der Waals surface area contributed by atoms with Crippen LogP contribution in [0.1, 0.15) is 29.7 Å². The molecule has 0 saturated heterocycles. The van der Waals surface area contributed by atoms with Gasteiger partial charge < -0.3 is 4.90 Å². The van der Waals surface area contributed by atoms with Crippen molar-refractivity contribution in [2.24, 2.45) is 0 Å². The second-order valence-corrected chi connectivity index (χ2v) is 6.77. The Balaban J connectivity index is 2.44. The summed E-state index contributed by atoms with van der Waals surface area (Å²) in [4.78, 5) is 8.30. The molecule has 2 nitrogen and oxygen atoms in total. The third-order valence-corrected chi connectivity index (χ3v) is 4.38. The average Bonchev–Trinajstić information content (AvgIpc) is 2.73. The van der Waals surface area contributed by atoms with Crippen molar-refractivity contribution < 1.29 is 0 Å². The van der Waals surface area contributed by atoms with Gasteiger partial charge in [0.05, 0.1) is 10.7 Å². The van der Waals surface area contributed by atoms with Crippen LogP contribution in [0.25, 0.3) is 11.3 Å². The molecule has 0 bridgehead atoms. The fraction of sp³-hybridized carbons (Fsp3) is 0.400. The van der Waals surface area contributed by atoms with Crippen LogP contribution in [0.3, 0.4) is 0 Å². The van der Waals surface area contributed by atoms with Crippen molar-refractivity contribution in [2.75, 3.05) is 14.1 Å². The molecule has 2 rings (SSSR count). The summed E-state index contributed by atoms with van der Waals surface area (Å²) in [6.07, 6.45) is 0.